The second kappa shape index (κ2) is 7.17. The Morgan fingerprint density at radius 1 is 1.21 bits per heavy atom. The Labute approximate surface area is 141 Å². The number of carbonyl (C=O) groups excluding carboxylic acids is 2. The van der Waals surface area contributed by atoms with E-state index >= 15 is 0 Å². The van der Waals surface area contributed by atoms with Gasteiger partial charge >= 0.3 is 5.97 Å². The molecule has 1 heterocycles. The third-order valence-electron chi connectivity index (χ3n) is 4.11. The normalized spacial score (nSPS) is 14.3. The Morgan fingerprint density at radius 3 is 2.75 bits per heavy atom. The van der Waals surface area contributed by atoms with Crippen LogP contribution < -0.4 is 10.6 Å². The molecule has 1 amide bonds. The number of carbonyl (C=O) groups is 2. The SMILES string of the molecule is COC(=O)[C@@H](Cc1ccccc1)Nc1ccc2c(c1)NC(=O)CC2. The number of esters is 1. The first-order valence-electron chi connectivity index (χ1n) is 7.97. The van der Waals surface area contributed by atoms with Crippen LogP contribution in [0.5, 0.6) is 0 Å². The zero-order chi connectivity index (χ0) is 16.9. The van der Waals surface area contributed by atoms with Crippen LogP contribution in [0.3, 0.4) is 0 Å². The summed E-state index contributed by atoms with van der Waals surface area (Å²) in [6.45, 7) is 0. The van der Waals surface area contributed by atoms with E-state index in [0.717, 1.165) is 28.9 Å². The van der Waals surface area contributed by atoms with Gasteiger partial charge in [0.1, 0.15) is 6.04 Å². The number of ether oxygens (including phenoxy) is 1. The molecule has 0 radical (unpaired) electrons. The third-order valence-corrected chi connectivity index (χ3v) is 4.11. The Balaban J connectivity index is 1.78. The summed E-state index contributed by atoms with van der Waals surface area (Å²) in [7, 11) is 1.38. The van der Waals surface area contributed by atoms with Gasteiger partial charge in [-0.3, -0.25) is 4.79 Å². The Hall–Kier alpha value is -2.82. The van der Waals surface area contributed by atoms with Crippen molar-refractivity contribution in [1.82, 2.24) is 0 Å². The summed E-state index contributed by atoms with van der Waals surface area (Å²) >= 11 is 0. The zero-order valence-electron chi connectivity index (χ0n) is 13.5. The molecule has 0 aliphatic carbocycles. The molecule has 5 heteroatoms. The highest BCUT2D eigenvalue weighted by Crippen LogP contribution is 2.26. The number of hydrogen-bond acceptors (Lipinski definition) is 4. The number of nitrogens with one attached hydrogen (secondary N) is 2. The molecule has 5 nitrogen and oxygen atoms in total. The van der Waals surface area contributed by atoms with Gasteiger partial charge in [-0.1, -0.05) is 36.4 Å². The molecule has 24 heavy (non-hydrogen) atoms. The molecule has 3 rings (SSSR count). The number of amides is 1. The maximum Gasteiger partial charge on any atom is 0.328 e. The topological polar surface area (TPSA) is 67.4 Å². The minimum absolute atomic E-state index is 0.0217. The molecule has 1 aliphatic heterocycles. The number of benzene rings is 2. The van der Waals surface area contributed by atoms with E-state index in [0.29, 0.717) is 12.8 Å². The predicted molar refractivity (Wildman–Crippen MR) is 93.0 cm³/mol. The zero-order valence-corrected chi connectivity index (χ0v) is 13.5. The van der Waals surface area contributed by atoms with E-state index in [9.17, 15) is 9.59 Å². The first-order valence-corrected chi connectivity index (χ1v) is 7.97. The molecule has 124 valence electrons. The van der Waals surface area contributed by atoms with Crippen LogP contribution in [0.25, 0.3) is 0 Å². The lowest BCUT2D eigenvalue weighted by atomic mass is 10.0. The van der Waals surface area contributed by atoms with Crippen LogP contribution >= 0.6 is 0 Å². The molecule has 0 saturated carbocycles. The molecular weight excluding hydrogens is 304 g/mol. The van der Waals surface area contributed by atoms with Crippen molar-refractivity contribution in [2.45, 2.75) is 25.3 Å². The molecule has 0 aromatic heterocycles. The summed E-state index contributed by atoms with van der Waals surface area (Å²) in [5.74, 6) is -0.297. The average molecular weight is 324 g/mol. The van der Waals surface area contributed by atoms with E-state index in [1.807, 2.05) is 48.5 Å². The lowest BCUT2D eigenvalue weighted by Crippen LogP contribution is -2.33. The smallest absolute Gasteiger partial charge is 0.328 e. The maximum atomic E-state index is 12.1. The Morgan fingerprint density at radius 2 is 2.00 bits per heavy atom. The van der Waals surface area contributed by atoms with Crippen LogP contribution in [0, 0.1) is 0 Å². The summed E-state index contributed by atoms with van der Waals surface area (Å²) in [6.07, 6.45) is 1.78. The summed E-state index contributed by atoms with van der Waals surface area (Å²) in [5, 5.41) is 6.09. The number of hydrogen-bond donors (Lipinski definition) is 2. The standard InChI is InChI=1S/C19H20N2O3/c1-24-19(23)17(11-13-5-3-2-4-6-13)20-15-9-7-14-8-10-18(22)21-16(14)12-15/h2-7,9,12,17,20H,8,10-11H2,1H3,(H,21,22)/t17-/m1/s1. The lowest BCUT2D eigenvalue weighted by molar-refractivity contribution is -0.141. The fourth-order valence-electron chi connectivity index (χ4n) is 2.85. The number of methoxy groups -OCH3 is 1. The number of aryl methyl sites for hydroxylation is 1. The first kappa shape index (κ1) is 16.1. The number of rotatable bonds is 5. The summed E-state index contributed by atoms with van der Waals surface area (Å²) in [6, 6.07) is 15.1. The highest BCUT2D eigenvalue weighted by atomic mass is 16.5. The Bertz CT molecular complexity index is 744. The molecule has 2 aromatic carbocycles. The molecule has 1 atom stereocenters. The molecule has 0 unspecified atom stereocenters. The second-order valence-electron chi connectivity index (χ2n) is 5.83. The molecule has 2 aromatic rings. The van der Waals surface area contributed by atoms with Crippen LogP contribution in [-0.2, 0) is 27.2 Å². The van der Waals surface area contributed by atoms with Crippen LogP contribution in [0.4, 0.5) is 11.4 Å². The lowest BCUT2D eigenvalue weighted by Gasteiger charge is -2.21. The van der Waals surface area contributed by atoms with Crippen LogP contribution in [0.1, 0.15) is 17.5 Å². The van der Waals surface area contributed by atoms with Gasteiger partial charge in [0.05, 0.1) is 7.11 Å². The van der Waals surface area contributed by atoms with Gasteiger partial charge in [-0.25, -0.2) is 4.79 Å². The fraction of sp³-hybridized carbons (Fsp3) is 0.263. The van der Waals surface area contributed by atoms with Gasteiger partial charge in [0.2, 0.25) is 5.91 Å². The van der Waals surface area contributed by atoms with E-state index in [1.54, 1.807) is 0 Å². The van der Waals surface area contributed by atoms with Gasteiger partial charge in [-0.2, -0.15) is 0 Å². The van der Waals surface area contributed by atoms with Crippen molar-refractivity contribution in [3.8, 4) is 0 Å². The molecular formula is C19H20N2O3. The van der Waals surface area contributed by atoms with Crippen molar-refractivity contribution < 1.29 is 14.3 Å². The van der Waals surface area contributed by atoms with Crippen molar-refractivity contribution >= 4 is 23.3 Å². The van der Waals surface area contributed by atoms with Crippen molar-refractivity contribution in [2.24, 2.45) is 0 Å². The highest BCUT2D eigenvalue weighted by Gasteiger charge is 2.21. The maximum absolute atomic E-state index is 12.1. The second-order valence-corrected chi connectivity index (χ2v) is 5.83. The van der Waals surface area contributed by atoms with Crippen LogP contribution in [-0.4, -0.2) is 25.0 Å². The van der Waals surface area contributed by atoms with Crippen LogP contribution in [0.2, 0.25) is 0 Å². The van der Waals surface area contributed by atoms with Crippen LogP contribution in [0.15, 0.2) is 48.5 Å². The monoisotopic (exact) mass is 324 g/mol. The van der Waals surface area contributed by atoms with Gasteiger partial charge in [-0.15, -0.1) is 0 Å². The first-order chi connectivity index (χ1) is 11.7. The fourth-order valence-corrected chi connectivity index (χ4v) is 2.85. The van der Waals surface area contributed by atoms with Gasteiger partial charge < -0.3 is 15.4 Å². The van der Waals surface area contributed by atoms with Gasteiger partial charge in [0, 0.05) is 24.2 Å². The van der Waals surface area contributed by atoms with E-state index in [1.165, 1.54) is 7.11 Å². The van der Waals surface area contributed by atoms with Crippen molar-refractivity contribution in [3.63, 3.8) is 0 Å². The van der Waals surface area contributed by atoms with Crippen molar-refractivity contribution in [2.75, 3.05) is 17.7 Å². The summed E-state index contributed by atoms with van der Waals surface area (Å²) in [5.41, 5.74) is 3.74. The van der Waals surface area contributed by atoms with Gasteiger partial charge in [-0.05, 0) is 29.7 Å². The quantitative estimate of drug-likeness (QED) is 0.830. The minimum Gasteiger partial charge on any atom is -0.467 e. The molecule has 0 saturated heterocycles. The van der Waals surface area contributed by atoms with Gasteiger partial charge in [0.25, 0.3) is 0 Å². The van der Waals surface area contributed by atoms with Crippen molar-refractivity contribution in [1.29, 1.82) is 0 Å². The van der Waals surface area contributed by atoms with E-state index in [4.69, 9.17) is 4.74 Å². The van der Waals surface area contributed by atoms with E-state index < -0.39 is 6.04 Å². The predicted octanol–water partition coefficient (Wildman–Crippen LogP) is 2.77. The molecule has 0 fully saturated rings. The summed E-state index contributed by atoms with van der Waals surface area (Å²) in [4.78, 5) is 23.7. The Kier molecular flexibility index (Phi) is 4.79. The number of anilines is 2. The van der Waals surface area contributed by atoms with E-state index in [-0.39, 0.29) is 11.9 Å². The van der Waals surface area contributed by atoms with E-state index in [2.05, 4.69) is 10.6 Å². The number of fused-ring (bicyclic) bond motifs is 1. The van der Waals surface area contributed by atoms with Crippen molar-refractivity contribution in [3.05, 3.63) is 59.7 Å². The minimum atomic E-state index is -0.491. The summed E-state index contributed by atoms with van der Waals surface area (Å²) < 4.78 is 4.92. The third kappa shape index (κ3) is 3.74. The van der Waals surface area contributed by atoms with Gasteiger partial charge in [0.15, 0.2) is 0 Å². The molecule has 0 bridgehead atoms. The largest absolute Gasteiger partial charge is 0.467 e. The molecule has 0 spiro atoms. The average Bonchev–Trinajstić information content (AvgIpc) is 2.61. The highest BCUT2D eigenvalue weighted by molar-refractivity contribution is 5.94. The molecule has 1 aliphatic rings. The molecule has 2 N–H and O–H groups in total.